The largest absolute Gasteiger partial charge is 0.490 e. The van der Waals surface area contributed by atoms with Crippen molar-refractivity contribution in [2.45, 2.75) is 39.7 Å². The van der Waals surface area contributed by atoms with Gasteiger partial charge in [0.05, 0.1) is 12.8 Å². The predicted octanol–water partition coefficient (Wildman–Crippen LogP) is 2.45. The number of benzene rings is 2. The molecule has 0 unspecified atom stereocenters. The summed E-state index contributed by atoms with van der Waals surface area (Å²) in [7, 11) is 0. The molecule has 9 nitrogen and oxygen atoms in total. The van der Waals surface area contributed by atoms with Crippen molar-refractivity contribution in [3.63, 3.8) is 0 Å². The van der Waals surface area contributed by atoms with Crippen LogP contribution < -0.4 is 25.5 Å². The van der Waals surface area contributed by atoms with Crippen molar-refractivity contribution >= 4 is 29.6 Å². The number of aryl methyl sites for hydroxylation is 2. The van der Waals surface area contributed by atoms with Crippen LogP contribution in [0.4, 0.5) is 5.69 Å². The lowest BCUT2D eigenvalue weighted by molar-refractivity contribution is -0.139. The number of para-hydroxylation sites is 1. The van der Waals surface area contributed by atoms with Gasteiger partial charge in [-0.05, 0) is 68.5 Å². The summed E-state index contributed by atoms with van der Waals surface area (Å²) in [6.45, 7) is 5.89. The molecule has 3 rings (SSSR count). The second-order valence-electron chi connectivity index (χ2n) is 7.69. The third-order valence-electron chi connectivity index (χ3n) is 4.87. The summed E-state index contributed by atoms with van der Waals surface area (Å²) in [5, 5.41) is 9.27. The summed E-state index contributed by atoms with van der Waals surface area (Å²) in [6.07, 6.45) is 3.18. The van der Waals surface area contributed by atoms with Gasteiger partial charge in [-0.1, -0.05) is 18.2 Å². The van der Waals surface area contributed by atoms with Crippen LogP contribution in [0.15, 0.2) is 41.5 Å². The summed E-state index contributed by atoms with van der Waals surface area (Å²) in [5.41, 5.74) is 5.53. The zero-order chi connectivity index (χ0) is 23.8. The highest BCUT2D eigenvalue weighted by Crippen LogP contribution is 2.28. The summed E-state index contributed by atoms with van der Waals surface area (Å²) < 4.78 is 11.3. The number of hydrogen-bond acceptors (Lipinski definition) is 6. The number of anilines is 1. The maximum absolute atomic E-state index is 12.4. The lowest BCUT2D eigenvalue weighted by Crippen LogP contribution is -2.38. The van der Waals surface area contributed by atoms with E-state index in [9.17, 15) is 14.4 Å². The van der Waals surface area contributed by atoms with Crippen LogP contribution in [-0.2, 0) is 14.4 Å². The minimum absolute atomic E-state index is 0.0938. The normalized spacial score (nSPS) is 12.8. The van der Waals surface area contributed by atoms with E-state index in [1.807, 2.05) is 39.0 Å². The number of hydrazone groups is 1. The van der Waals surface area contributed by atoms with E-state index >= 15 is 0 Å². The number of rotatable bonds is 9. The molecule has 2 aromatic rings. The second-order valence-corrected chi connectivity index (χ2v) is 7.69. The third-order valence-corrected chi connectivity index (χ3v) is 4.87. The highest BCUT2D eigenvalue weighted by atomic mass is 16.5. The first-order valence-electron chi connectivity index (χ1n) is 10.8. The van der Waals surface area contributed by atoms with Gasteiger partial charge in [-0.3, -0.25) is 14.4 Å². The fraction of sp³-hybridized carbons (Fsp3) is 0.333. The Labute approximate surface area is 192 Å². The third kappa shape index (κ3) is 7.06. The van der Waals surface area contributed by atoms with Gasteiger partial charge in [0.1, 0.15) is 0 Å². The van der Waals surface area contributed by atoms with Crippen molar-refractivity contribution in [1.29, 1.82) is 0 Å². The minimum atomic E-state index is -0.821. The Kier molecular flexibility index (Phi) is 8.01. The van der Waals surface area contributed by atoms with Gasteiger partial charge >= 0.3 is 11.8 Å². The summed E-state index contributed by atoms with van der Waals surface area (Å²) in [4.78, 5) is 35.7. The van der Waals surface area contributed by atoms with Crippen molar-refractivity contribution in [3.8, 4) is 11.5 Å². The highest BCUT2D eigenvalue weighted by molar-refractivity contribution is 6.35. The molecule has 1 aliphatic carbocycles. The maximum Gasteiger partial charge on any atom is 0.329 e. The Hall–Kier alpha value is -3.88. The molecule has 0 aliphatic heterocycles. The van der Waals surface area contributed by atoms with E-state index in [-0.39, 0.29) is 18.6 Å². The van der Waals surface area contributed by atoms with Crippen LogP contribution in [0.1, 0.15) is 36.5 Å². The van der Waals surface area contributed by atoms with E-state index in [1.54, 1.807) is 18.2 Å². The molecule has 1 saturated carbocycles. The molecular formula is C24H28N4O5. The quantitative estimate of drug-likeness (QED) is 0.307. The molecule has 0 aromatic heterocycles. The molecule has 2 aromatic carbocycles. The number of ether oxygens (including phenoxy) is 2. The van der Waals surface area contributed by atoms with Gasteiger partial charge in [0, 0.05) is 11.7 Å². The van der Waals surface area contributed by atoms with E-state index < -0.39 is 11.8 Å². The molecule has 0 radical (unpaired) electrons. The molecule has 3 N–H and O–H groups in total. The van der Waals surface area contributed by atoms with Crippen molar-refractivity contribution in [2.24, 2.45) is 5.10 Å². The smallest absolute Gasteiger partial charge is 0.329 e. The maximum atomic E-state index is 12.4. The van der Waals surface area contributed by atoms with E-state index in [1.165, 1.54) is 6.21 Å². The molecule has 0 spiro atoms. The SMILES string of the molecule is CCOc1cc(/C=N\NC(=O)C(=O)NC2CC2)ccc1OCC(=O)Nc1c(C)cccc1C. The van der Waals surface area contributed by atoms with Crippen LogP contribution in [0.3, 0.4) is 0 Å². The zero-order valence-corrected chi connectivity index (χ0v) is 18.9. The van der Waals surface area contributed by atoms with Crippen LogP contribution in [-0.4, -0.2) is 43.2 Å². The van der Waals surface area contributed by atoms with Crippen LogP contribution in [0.25, 0.3) is 0 Å². The number of nitrogens with one attached hydrogen (secondary N) is 3. The molecular weight excluding hydrogens is 424 g/mol. The molecule has 0 atom stereocenters. The molecule has 1 aliphatic rings. The van der Waals surface area contributed by atoms with E-state index in [4.69, 9.17) is 9.47 Å². The Balaban J connectivity index is 1.57. The first kappa shape index (κ1) is 23.8. The summed E-state index contributed by atoms with van der Waals surface area (Å²) >= 11 is 0. The van der Waals surface area contributed by atoms with E-state index in [2.05, 4.69) is 21.2 Å². The zero-order valence-electron chi connectivity index (χ0n) is 18.9. The molecule has 0 saturated heterocycles. The van der Waals surface area contributed by atoms with Gasteiger partial charge in [-0.25, -0.2) is 5.43 Å². The molecule has 0 bridgehead atoms. The van der Waals surface area contributed by atoms with Crippen LogP contribution in [0.2, 0.25) is 0 Å². The van der Waals surface area contributed by atoms with Gasteiger partial charge in [0.25, 0.3) is 5.91 Å². The monoisotopic (exact) mass is 452 g/mol. The Bertz CT molecular complexity index is 1040. The topological polar surface area (TPSA) is 118 Å². The van der Waals surface area contributed by atoms with Gasteiger partial charge < -0.3 is 20.1 Å². The van der Waals surface area contributed by atoms with Gasteiger partial charge in [0.15, 0.2) is 18.1 Å². The summed E-state index contributed by atoms with van der Waals surface area (Å²) in [6, 6.07) is 10.9. The average molecular weight is 453 g/mol. The van der Waals surface area contributed by atoms with Gasteiger partial charge in [-0.2, -0.15) is 5.10 Å². The minimum Gasteiger partial charge on any atom is -0.490 e. The Morgan fingerprint density at radius 3 is 2.42 bits per heavy atom. The van der Waals surface area contributed by atoms with Crippen LogP contribution in [0, 0.1) is 13.8 Å². The Morgan fingerprint density at radius 1 is 1.03 bits per heavy atom. The van der Waals surface area contributed by atoms with Crippen LogP contribution >= 0.6 is 0 Å². The number of hydrogen-bond donors (Lipinski definition) is 3. The van der Waals surface area contributed by atoms with Crippen LogP contribution in [0.5, 0.6) is 11.5 Å². The lowest BCUT2D eigenvalue weighted by atomic mass is 10.1. The molecule has 174 valence electrons. The van der Waals surface area contributed by atoms with E-state index in [0.717, 1.165) is 29.7 Å². The standard InChI is InChI=1S/C24H28N4O5/c1-4-32-20-12-17(13-25-28-24(31)23(30)26-18-9-10-18)8-11-19(20)33-14-21(29)27-22-15(2)6-5-7-16(22)3/h5-8,11-13,18H,4,9-10,14H2,1-3H3,(H,26,30)(H,27,29)(H,28,31)/b25-13-. The van der Waals surface area contributed by atoms with Crippen molar-refractivity contribution in [3.05, 3.63) is 53.1 Å². The number of nitrogens with zero attached hydrogens (tertiary/aromatic N) is 1. The first-order chi connectivity index (χ1) is 15.9. The molecule has 0 heterocycles. The molecule has 1 fully saturated rings. The molecule has 3 amide bonds. The second kappa shape index (κ2) is 11.1. The lowest BCUT2D eigenvalue weighted by Gasteiger charge is -2.14. The average Bonchev–Trinajstić information content (AvgIpc) is 3.60. The number of carbonyl (C=O) groups is 3. The van der Waals surface area contributed by atoms with Crippen molar-refractivity contribution in [2.75, 3.05) is 18.5 Å². The van der Waals surface area contributed by atoms with Crippen molar-refractivity contribution in [1.82, 2.24) is 10.7 Å². The van der Waals surface area contributed by atoms with Gasteiger partial charge in [-0.15, -0.1) is 0 Å². The summed E-state index contributed by atoms with van der Waals surface area (Å²) in [5.74, 6) is -0.976. The fourth-order valence-electron chi connectivity index (χ4n) is 3.02. The first-order valence-corrected chi connectivity index (χ1v) is 10.8. The molecule has 33 heavy (non-hydrogen) atoms. The number of amides is 3. The Morgan fingerprint density at radius 2 is 1.76 bits per heavy atom. The number of carbonyl (C=O) groups excluding carboxylic acids is 3. The fourth-order valence-corrected chi connectivity index (χ4v) is 3.02. The van der Waals surface area contributed by atoms with Crippen molar-refractivity contribution < 1.29 is 23.9 Å². The highest BCUT2D eigenvalue weighted by Gasteiger charge is 2.26. The molecule has 9 heteroatoms. The van der Waals surface area contributed by atoms with Gasteiger partial charge in [0.2, 0.25) is 0 Å². The predicted molar refractivity (Wildman–Crippen MR) is 125 cm³/mol. The van der Waals surface area contributed by atoms with E-state index in [0.29, 0.717) is 23.7 Å².